The summed E-state index contributed by atoms with van der Waals surface area (Å²) in [6.07, 6.45) is 0. The smallest absolute Gasteiger partial charge is 0.275 e. The zero-order valence-corrected chi connectivity index (χ0v) is 6.80. The Morgan fingerprint density at radius 3 is 2.46 bits per heavy atom. The maximum Gasteiger partial charge on any atom is 0.275 e. The molecule has 0 atom stereocenters. The fourth-order valence-electron chi connectivity index (χ4n) is 1.12. The topological polar surface area (TPSA) is 83.6 Å². The monoisotopic (exact) mass is 183 g/mol. The number of rotatable bonds is 3. The van der Waals surface area contributed by atoms with Gasteiger partial charge in [0.15, 0.2) is 0 Å². The highest BCUT2D eigenvalue weighted by Gasteiger charge is 2.15. The summed E-state index contributed by atoms with van der Waals surface area (Å²) in [6.45, 7) is -0.745. The van der Waals surface area contributed by atoms with Crippen molar-refractivity contribution in [3.8, 4) is 0 Å². The lowest BCUT2D eigenvalue weighted by molar-refractivity contribution is -0.385. The molecule has 0 aliphatic rings. The van der Waals surface area contributed by atoms with E-state index < -0.39 is 11.5 Å². The molecule has 0 radical (unpaired) electrons. The normalized spacial score (nSPS) is 10.0. The second kappa shape index (κ2) is 3.97. The van der Waals surface area contributed by atoms with Crippen molar-refractivity contribution >= 4 is 5.69 Å². The molecule has 5 heteroatoms. The van der Waals surface area contributed by atoms with Crippen molar-refractivity contribution in [1.29, 1.82) is 0 Å². The minimum Gasteiger partial charge on any atom is -0.392 e. The Balaban J connectivity index is 3.27. The maximum atomic E-state index is 10.5. The standard InChI is InChI=1S/C8H9NO4/c10-4-6-2-1-3-8(9(12)13)7(6)5-11/h1-3,10-11H,4-5H2. The van der Waals surface area contributed by atoms with Crippen molar-refractivity contribution in [3.63, 3.8) is 0 Å². The summed E-state index contributed by atoms with van der Waals surface area (Å²) in [5, 5.41) is 28.1. The lowest BCUT2D eigenvalue weighted by atomic mass is 10.1. The predicted octanol–water partition coefficient (Wildman–Crippen LogP) is 0.579. The van der Waals surface area contributed by atoms with Gasteiger partial charge in [-0.3, -0.25) is 10.1 Å². The molecule has 1 aromatic carbocycles. The Morgan fingerprint density at radius 1 is 1.31 bits per heavy atom. The second-order valence-electron chi connectivity index (χ2n) is 2.49. The third-order valence-corrected chi connectivity index (χ3v) is 1.77. The number of benzene rings is 1. The van der Waals surface area contributed by atoms with Gasteiger partial charge in [-0.05, 0) is 5.56 Å². The molecule has 0 amide bonds. The Labute approximate surface area is 74.4 Å². The first-order chi connectivity index (χ1) is 6.20. The molecule has 0 saturated heterocycles. The number of aliphatic hydroxyl groups excluding tert-OH is 2. The van der Waals surface area contributed by atoms with Crippen molar-refractivity contribution in [2.75, 3.05) is 0 Å². The molecule has 1 aromatic rings. The summed E-state index contributed by atoms with van der Waals surface area (Å²) in [4.78, 5) is 9.88. The summed E-state index contributed by atoms with van der Waals surface area (Å²) in [5.74, 6) is 0. The largest absolute Gasteiger partial charge is 0.392 e. The third-order valence-electron chi connectivity index (χ3n) is 1.77. The number of nitrogens with zero attached hydrogens (tertiary/aromatic N) is 1. The van der Waals surface area contributed by atoms with E-state index in [-0.39, 0.29) is 17.9 Å². The summed E-state index contributed by atoms with van der Waals surface area (Å²) in [6, 6.07) is 4.31. The van der Waals surface area contributed by atoms with Crippen LogP contribution in [0, 0.1) is 10.1 Å². The van der Waals surface area contributed by atoms with Crippen molar-refractivity contribution in [2.24, 2.45) is 0 Å². The van der Waals surface area contributed by atoms with E-state index in [1.54, 1.807) is 6.07 Å². The number of nitro groups is 1. The van der Waals surface area contributed by atoms with Crippen LogP contribution in [0.15, 0.2) is 18.2 Å². The molecule has 1 rings (SSSR count). The summed E-state index contributed by atoms with van der Waals surface area (Å²) < 4.78 is 0. The van der Waals surface area contributed by atoms with Crippen LogP contribution >= 0.6 is 0 Å². The minimum atomic E-state index is -0.579. The maximum absolute atomic E-state index is 10.5. The average Bonchev–Trinajstić information content (AvgIpc) is 2.16. The van der Waals surface area contributed by atoms with Gasteiger partial charge in [-0.15, -0.1) is 0 Å². The molecule has 0 bridgehead atoms. The van der Waals surface area contributed by atoms with E-state index in [1.165, 1.54) is 12.1 Å². The fraction of sp³-hybridized carbons (Fsp3) is 0.250. The fourth-order valence-corrected chi connectivity index (χ4v) is 1.12. The van der Waals surface area contributed by atoms with Crippen molar-refractivity contribution in [1.82, 2.24) is 0 Å². The van der Waals surface area contributed by atoms with E-state index in [1.807, 2.05) is 0 Å². The van der Waals surface area contributed by atoms with Gasteiger partial charge >= 0.3 is 0 Å². The molecule has 0 spiro atoms. The van der Waals surface area contributed by atoms with Gasteiger partial charge in [0.1, 0.15) is 0 Å². The van der Waals surface area contributed by atoms with Gasteiger partial charge in [0.05, 0.1) is 23.7 Å². The van der Waals surface area contributed by atoms with E-state index in [0.29, 0.717) is 5.56 Å². The quantitative estimate of drug-likeness (QED) is 0.530. The van der Waals surface area contributed by atoms with Crippen LogP contribution in [0.4, 0.5) is 5.69 Å². The highest BCUT2D eigenvalue weighted by Crippen LogP contribution is 2.21. The van der Waals surface area contributed by atoms with Gasteiger partial charge in [-0.25, -0.2) is 0 Å². The number of aliphatic hydroxyl groups is 2. The van der Waals surface area contributed by atoms with E-state index in [9.17, 15) is 10.1 Å². The van der Waals surface area contributed by atoms with Crippen LogP contribution in [-0.2, 0) is 13.2 Å². The Kier molecular flexibility index (Phi) is 2.94. The molecule has 13 heavy (non-hydrogen) atoms. The molecule has 2 N–H and O–H groups in total. The number of hydrogen-bond donors (Lipinski definition) is 2. The average molecular weight is 183 g/mol. The molecule has 0 saturated carbocycles. The highest BCUT2D eigenvalue weighted by atomic mass is 16.6. The van der Waals surface area contributed by atoms with Crippen LogP contribution < -0.4 is 0 Å². The lowest BCUT2D eigenvalue weighted by Gasteiger charge is -2.03. The molecular formula is C8H9NO4. The van der Waals surface area contributed by atoms with Crippen molar-refractivity contribution in [2.45, 2.75) is 13.2 Å². The molecule has 0 aliphatic heterocycles. The Morgan fingerprint density at radius 2 is 2.00 bits per heavy atom. The summed E-state index contributed by atoms with van der Waals surface area (Å²) in [7, 11) is 0. The van der Waals surface area contributed by atoms with E-state index in [4.69, 9.17) is 10.2 Å². The first-order valence-electron chi connectivity index (χ1n) is 3.67. The molecule has 5 nitrogen and oxygen atoms in total. The zero-order chi connectivity index (χ0) is 9.84. The molecule has 0 heterocycles. The van der Waals surface area contributed by atoms with Gasteiger partial charge in [0, 0.05) is 6.07 Å². The molecule has 0 fully saturated rings. The Bertz CT molecular complexity index is 324. The highest BCUT2D eigenvalue weighted by molar-refractivity contribution is 5.44. The Hall–Kier alpha value is -1.46. The van der Waals surface area contributed by atoms with Crippen LogP contribution in [0.5, 0.6) is 0 Å². The molecule has 70 valence electrons. The third kappa shape index (κ3) is 1.82. The first-order valence-corrected chi connectivity index (χ1v) is 3.67. The SMILES string of the molecule is O=[N+]([O-])c1cccc(CO)c1CO. The van der Waals surface area contributed by atoms with Gasteiger partial charge in [-0.1, -0.05) is 12.1 Å². The zero-order valence-electron chi connectivity index (χ0n) is 6.80. The molecule has 0 unspecified atom stereocenters. The van der Waals surface area contributed by atoms with Crippen LogP contribution in [0.3, 0.4) is 0 Å². The van der Waals surface area contributed by atoms with Crippen LogP contribution in [-0.4, -0.2) is 15.1 Å². The van der Waals surface area contributed by atoms with Crippen LogP contribution in [0.1, 0.15) is 11.1 Å². The molecule has 0 aliphatic carbocycles. The summed E-state index contributed by atoms with van der Waals surface area (Å²) >= 11 is 0. The van der Waals surface area contributed by atoms with Gasteiger partial charge in [0.25, 0.3) is 5.69 Å². The van der Waals surface area contributed by atoms with Gasteiger partial charge in [0.2, 0.25) is 0 Å². The number of nitro benzene ring substituents is 1. The van der Waals surface area contributed by atoms with E-state index in [2.05, 4.69) is 0 Å². The second-order valence-corrected chi connectivity index (χ2v) is 2.49. The lowest BCUT2D eigenvalue weighted by Crippen LogP contribution is -2.00. The predicted molar refractivity (Wildman–Crippen MR) is 44.9 cm³/mol. The van der Waals surface area contributed by atoms with Gasteiger partial charge in [-0.2, -0.15) is 0 Å². The molecular weight excluding hydrogens is 174 g/mol. The van der Waals surface area contributed by atoms with E-state index >= 15 is 0 Å². The van der Waals surface area contributed by atoms with Crippen molar-refractivity contribution in [3.05, 3.63) is 39.4 Å². The van der Waals surface area contributed by atoms with Crippen molar-refractivity contribution < 1.29 is 15.1 Å². The van der Waals surface area contributed by atoms with Crippen LogP contribution in [0.25, 0.3) is 0 Å². The minimum absolute atomic E-state index is 0.158. The first kappa shape index (κ1) is 9.63. The number of hydrogen-bond acceptors (Lipinski definition) is 4. The summed E-state index contributed by atoms with van der Waals surface area (Å²) in [5.41, 5.74) is 0.403. The molecule has 0 aromatic heterocycles. The van der Waals surface area contributed by atoms with E-state index in [0.717, 1.165) is 0 Å². The van der Waals surface area contributed by atoms with Gasteiger partial charge < -0.3 is 10.2 Å². The van der Waals surface area contributed by atoms with Crippen LogP contribution in [0.2, 0.25) is 0 Å².